The third-order valence-electron chi connectivity index (χ3n) is 4.21. The van der Waals surface area contributed by atoms with Crippen molar-refractivity contribution in [1.82, 2.24) is 18.8 Å². The van der Waals surface area contributed by atoms with Gasteiger partial charge >= 0.3 is 6.03 Å². The van der Waals surface area contributed by atoms with E-state index in [1.165, 1.54) is 35.5 Å². The Bertz CT molecular complexity index is 460. The lowest BCUT2D eigenvalue weighted by molar-refractivity contribution is 0.196. The van der Waals surface area contributed by atoms with Crippen LogP contribution in [0.15, 0.2) is 0 Å². The van der Waals surface area contributed by atoms with Crippen molar-refractivity contribution < 1.29 is 13.2 Å². The Morgan fingerprint density at radius 3 is 2.33 bits per heavy atom. The average Bonchev–Trinajstić information content (AvgIpc) is 2.79. The quantitative estimate of drug-likeness (QED) is 0.821. The predicted molar refractivity (Wildman–Crippen MR) is 81.2 cm³/mol. The van der Waals surface area contributed by atoms with Gasteiger partial charge < -0.3 is 10.2 Å². The van der Waals surface area contributed by atoms with Crippen molar-refractivity contribution >= 4 is 16.2 Å². The molecule has 122 valence electrons. The van der Waals surface area contributed by atoms with Crippen LogP contribution in [0.2, 0.25) is 0 Å². The van der Waals surface area contributed by atoms with Crippen molar-refractivity contribution in [2.45, 2.75) is 38.1 Å². The number of carbonyl (C=O) groups excluding carboxylic acids is 1. The highest BCUT2D eigenvalue weighted by Gasteiger charge is 2.29. The molecule has 0 aromatic rings. The third kappa shape index (κ3) is 4.08. The second-order valence-corrected chi connectivity index (χ2v) is 8.10. The van der Waals surface area contributed by atoms with E-state index in [4.69, 9.17) is 0 Å². The lowest BCUT2D eigenvalue weighted by atomic mass is 10.2. The van der Waals surface area contributed by atoms with Crippen LogP contribution in [-0.4, -0.2) is 74.3 Å². The van der Waals surface area contributed by atoms with Crippen LogP contribution in [0.25, 0.3) is 0 Å². The van der Waals surface area contributed by atoms with Gasteiger partial charge in [0.05, 0.1) is 0 Å². The summed E-state index contributed by atoms with van der Waals surface area (Å²) >= 11 is 0. The Kier molecular flexibility index (Phi) is 5.45. The Balaban J connectivity index is 1.89. The molecule has 1 saturated heterocycles. The molecule has 1 heterocycles. The van der Waals surface area contributed by atoms with E-state index in [1.807, 2.05) is 0 Å². The van der Waals surface area contributed by atoms with Crippen LogP contribution in [0, 0.1) is 0 Å². The molecule has 0 aromatic carbocycles. The summed E-state index contributed by atoms with van der Waals surface area (Å²) in [5.41, 5.74) is 0. The smallest absolute Gasteiger partial charge is 0.317 e. The molecule has 0 unspecified atom stereocenters. The van der Waals surface area contributed by atoms with Gasteiger partial charge in [-0.3, -0.25) is 0 Å². The maximum absolute atomic E-state index is 12.2. The van der Waals surface area contributed by atoms with Crippen molar-refractivity contribution in [2.24, 2.45) is 0 Å². The summed E-state index contributed by atoms with van der Waals surface area (Å²) in [5, 5.41) is 3.06. The molecule has 2 fully saturated rings. The molecule has 7 nitrogen and oxygen atoms in total. The standard InChI is InChI=1S/C13H26N4O3S/c1-15(2)21(19,20)17-9-5-8-16(10-11-17)13(18)14-12-6-3-4-7-12/h12H,3-11H2,1-2H3,(H,14,18). The van der Waals surface area contributed by atoms with Gasteiger partial charge in [0.25, 0.3) is 10.2 Å². The van der Waals surface area contributed by atoms with Gasteiger partial charge in [0, 0.05) is 46.3 Å². The molecular formula is C13H26N4O3S. The van der Waals surface area contributed by atoms with E-state index in [1.54, 1.807) is 4.90 Å². The lowest BCUT2D eigenvalue weighted by Gasteiger charge is -2.25. The fourth-order valence-corrected chi connectivity index (χ4v) is 4.03. The maximum Gasteiger partial charge on any atom is 0.317 e. The van der Waals surface area contributed by atoms with Crippen LogP contribution in [0.3, 0.4) is 0 Å². The molecule has 8 heteroatoms. The Morgan fingerprint density at radius 1 is 1.05 bits per heavy atom. The molecule has 1 N–H and O–H groups in total. The Morgan fingerprint density at radius 2 is 1.71 bits per heavy atom. The molecule has 0 bridgehead atoms. The van der Waals surface area contributed by atoms with Crippen LogP contribution in [0.4, 0.5) is 4.79 Å². The SMILES string of the molecule is CN(C)S(=O)(=O)N1CCCN(C(=O)NC2CCCC2)CC1. The minimum Gasteiger partial charge on any atom is -0.335 e. The summed E-state index contributed by atoms with van der Waals surface area (Å²) < 4.78 is 26.9. The third-order valence-corrected chi connectivity index (χ3v) is 6.15. The average molecular weight is 318 g/mol. The van der Waals surface area contributed by atoms with Crippen molar-refractivity contribution in [3.63, 3.8) is 0 Å². The summed E-state index contributed by atoms with van der Waals surface area (Å²) in [6.45, 7) is 1.88. The predicted octanol–water partition coefficient (Wildman–Crippen LogP) is 0.453. The zero-order valence-electron chi connectivity index (χ0n) is 12.9. The zero-order valence-corrected chi connectivity index (χ0v) is 13.7. The van der Waals surface area contributed by atoms with Crippen molar-refractivity contribution in [1.29, 1.82) is 0 Å². The molecule has 2 amide bonds. The van der Waals surface area contributed by atoms with E-state index in [0.717, 1.165) is 12.8 Å². The molecular weight excluding hydrogens is 292 g/mol. The van der Waals surface area contributed by atoms with Gasteiger partial charge in [0.15, 0.2) is 0 Å². The normalized spacial score (nSPS) is 22.5. The number of amides is 2. The molecule has 0 radical (unpaired) electrons. The first-order chi connectivity index (χ1) is 9.91. The highest BCUT2D eigenvalue weighted by molar-refractivity contribution is 7.86. The van der Waals surface area contributed by atoms with Crippen molar-refractivity contribution in [3.05, 3.63) is 0 Å². The van der Waals surface area contributed by atoms with Gasteiger partial charge in [-0.25, -0.2) is 4.79 Å². The fourth-order valence-electron chi connectivity index (χ4n) is 2.89. The molecule has 0 spiro atoms. The van der Waals surface area contributed by atoms with Crippen molar-refractivity contribution in [2.75, 3.05) is 40.3 Å². The summed E-state index contributed by atoms with van der Waals surface area (Å²) in [5.74, 6) is 0. The molecule has 1 saturated carbocycles. The number of rotatable bonds is 3. The van der Waals surface area contributed by atoms with Crippen LogP contribution >= 0.6 is 0 Å². The summed E-state index contributed by atoms with van der Waals surface area (Å²) in [4.78, 5) is 14.0. The summed E-state index contributed by atoms with van der Waals surface area (Å²) in [6.07, 6.45) is 5.15. The second-order valence-electron chi connectivity index (χ2n) is 5.96. The van der Waals surface area contributed by atoms with Crippen LogP contribution < -0.4 is 5.32 Å². The van der Waals surface area contributed by atoms with Gasteiger partial charge in [-0.2, -0.15) is 17.0 Å². The van der Waals surface area contributed by atoms with Crippen molar-refractivity contribution in [3.8, 4) is 0 Å². The van der Waals surface area contributed by atoms with Crippen LogP contribution in [-0.2, 0) is 10.2 Å². The molecule has 2 aliphatic rings. The number of hydrogen-bond donors (Lipinski definition) is 1. The van der Waals surface area contributed by atoms with Gasteiger partial charge in [0.1, 0.15) is 0 Å². The molecule has 1 aliphatic heterocycles. The van der Waals surface area contributed by atoms with E-state index in [-0.39, 0.29) is 6.03 Å². The van der Waals surface area contributed by atoms with Gasteiger partial charge in [-0.1, -0.05) is 12.8 Å². The Hall–Kier alpha value is -0.860. The number of carbonyl (C=O) groups is 1. The second kappa shape index (κ2) is 6.93. The zero-order chi connectivity index (χ0) is 15.5. The number of nitrogens with one attached hydrogen (secondary N) is 1. The first-order valence-electron chi connectivity index (χ1n) is 7.64. The number of urea groups is 1. The maximum atomic E-state index is 12.2. The highest BCUT2D eigenvalue weighted by atomic mass is 32.2. The first-order valence-corrected chi connectivity index (χ1v) is 9.04. The minimum absolute atomic E-state index is 0.0500. The molecule has 21 heavy (non-hydrogen) atoms. The lowest BCUT2D eigenvalue weighted by Crippen LogP contribution is -2.46. The monoisotopic (exact) mass is 318 g/mol. The molecule has 1 aliphatic carbocycles. The number of nitrogens with zero attached hydrogens (tertiary/aromatic N) is 3. The van der Waals surface area contributed by atoms with E-state index in [0.29, 0.717) is 38.6 Å². The fraction of sp³-hybridized carbons (Fsp3) is 0.923. The summed E-state index contributed by atoms with van der Waals surface area (Å²) in [6, 6.07) is 0.244. The first kappa shape index (κ1) is 16.5. The largest absolute Gasteiger partial charge is 0.335 e. The van der Waals surface area contributed by atoms with E-state index < -0.39 is 10.2 Å². The molecule has 0 aromatic heterocycles. The Labute approximate surface area is 127 Å². The van der Waals surface area contributed by atoms with Crippen LogP contribution in [0.1, 0.15) is 32.1 Å². The van der Waals surface area contributed by atoms with E-state index in [9.17, 15) is 13.2 Å². The minimum atomic E-state index is -3.39. The molecule has 0 atom stereocenters. The molecule has 2 rings (SSSR count). The van der Waals surface area contributed by atoms with E-state index >= 15 is 0 Å². The topological polar surface area (TPSA) is 73.0 Å². The van der Waals surface area contributed by atoms with Crippen LogP contribution in [0.5, 0.6) is 0 Å². The van der Waals surface area contributed by atoms with Gasteiger partial charge in [-0.15, -0.1) is 0 Å². The van der Waals surface area contributed by atoms with Gasteiger partial charge in [-0.05, 0) is 19.3 Å². The van der Waals surface area contributed by atoms with E-state index in [2.05, 4.69) is 5.32 Å². The summed E-state index contributed by atoms with van der Waals surface area (Å²) in [7, 11) is -0.321. The number of hydrogen-bond acceptors (Lipinski definition) is 3. The highest BCUT2D eigenvalue weighted by Crippen LogP contribution is 2.18. The van der Waals surface area contributed by atoms with Gasteiger partial charge in [0.2, 0.25) is 0 Å².